The van der Waals surface area contributed by atoms with Gasteiger partial charge in [0, 0.05) is 20.1 Å². The molecular weight excluding hydrogens is 347 g/mol. The fraction of sp³-hybridized carbons (Fsp3) is 0.300. The fourth-order valence-corrected chi connectivity index (χ4v) is 2.38. The lowest BCUT2D eigenvalue weighted by Gasteiger charge is -2.12. The van der Waals surface area contributed by atoms with Crippen LogP contribution in [0.4, 0.5) is 4.39 Å². The highest BCUT2D eigenvalue weighted by molar-refractivity contribution is 5.79. The molecular formula is C20H25FN4O2. The van der Waals surface area contributed by atoms with Crippen molar-refractivity contribution in [3.63, 3.8) is 0 Å². The van der Waals surface area contributed by atoms with E-state index in [0.29, 0.717) is 30.4 Å². The van der Waals surface area contributed by atoms with Gasteiger partial charge in [-0.3, -0.25) is 9.79 Å². The minimum atomic E-state index is -0.504. The molecule has 0 atom stereocenters. The summed E-state index contributed by atoms with van der Waals surface area (Å²) in [6.07, 6.45) is 0.788. The van der Waals surface area contributed by atoms with E-state index in [9.17, 15) is 9.18 Å². The molecule has 27 heavy (non-hydrogen) atoms. The lowest BCUT2D eigenvalue weighted by molar-refractivity contribution is -0.119. The number of ether oxygens (including phenoxy) is 1. The highest BCUT2D eigenvalue weighted by Gasteiger charge is 2.03. The van der Waals surface area contributed by atoms with Crippen molar-refractivity contribution in [1.29, 1.82) is 0 Å². The van der Waals surface area contributed by atoms with Crippen LogP contribution in [0, 0.1) is 12.7 Å². The molecule has 4 N–H and O–H groups in total. The number of nitrogens with one attached hydrogen (secondary N) is 2. The Kier molecular flexibility index (Phi) is 7.61. The van der Waals surface area contributed by atoms with Crippen LogP contribution in [-0.2, 0) is 17.8 Å². The highest BCUT2D eigenvalue weighted by Crippen LogP contribution is 2.12. The molecule has 144 valence electrons. The number of primary amides is 1. The Morgan fingerprint density at radius 2 is 1.85 bits per heavy atom. The third-order valence-corrected chi connectivity index (χ3v) is 3.93. The van der Waals surface area contributed by atoms with E-state index in [1.807, 2.05) is 18.2 Å². The van der Waals surface area contributed by atoms with Crippen LogP contribution >= 0.6 is 0 Å². The molecule has 0 heterocycles. The Balaban J connectivity index is 1.75. The minimum absolute atomic E-state index is 0.131. The van der Waals surface area contributed by atoms with Gasteiger partial charge in [-0.05, 0) is 48.2 Å². The zero-order valence-electron chi connectivity index (χ0n) is 15.6. The van der Waals surface area contributed by atoms with Crippen molar-refractivity contribution in [3.8, 4) is 5.75 Å². The number of amides is 1. The number of aliphatic imine (C=N–C) groups is 1. The average Bonchev–Trinajstić information content (AvgIpc) is 2.66. The van der Waals surface area contributed by atoms with Gasteiger partial charge in [0.05, 0.1) is 0 Å². The maximum absolute atomic E-state index is 13.6. The minimum Gasteiger partial charge on any atom is -0.484 e. The molecule has 0 fully saturated rings. The molecule has 1 amide bonds. The molecule has 0 spiro atoms. The van der Waals surface area contributed by atoms with Gasteiger partial charge in [0.25, 0.3) is 5.91 Å². The normalized spacial score (nSPS) is 11.1. The van der Waals surface area contributed by atoms with E-state index in [-0.39, 0.29) is 12.4 Å². The van der Waals surface area contributed by atoms with Crippen molar-refractivity contribution in [3.05, 3.63) is 65.0 Å². The van der Waals surface area contributed by atoms with Crippen LogP contribution in [0.15, 0.2) is 47.5 Å². The Hall–Kier alpha value is -3.09. The van der Waals surface area contributed by atoms with Crippen LogP contribution in [-0.4, -0.2) is 32.1 Å². The number of guanidine groups is 1. The van der Waals surface area contributed by atoms with Crippen molar-refractivity contribution in [2.24, 2.45) is 10.7 Å². The lowest BCUT2D eigenvalue weighted by atomic mass is 10.1. The van der Waals surface area contributed by atoms with Crippen LogP contribution in [0.25, 0.3) is 0 Å². The van der Waals surface area contributed by atoms with E-state index in [1.54, 1.807) is 32.2 Å². The number of rotatable bonds is 8. The third kappa shape index (κ3) is 6.97. The van der Waals surface area contributed by atoms with Crippen molar-refractivity contribution in [1.82, 2.24) is 10.6 Å². The second-order valence-corrected chi connectivity index (χ2v) is 6.09. The van der Waals surface area contributed by atoms with Gasteiger partial charge in [0.1, 0.15) is 11.6 Å². The van der Waals surface area contributed by atoms with E-state index in [1.165, 1.54) is 6.07 Å². The summed E-state index contributed by atoms with van der Waals surface area (Å²) < 4.78 is 18.8. The number of benzene rings is 2. The Morgan fingerprint density at radius 3 is 2.48 bits per heavy atom. The van der Waals surface area contributed by atoms with Crippen LogP contribution in [0.3, 0.4) is 0 Å². The predicted octanol–water partition coefficient (Wildman–Crippen LogP) is 1.91. The SMILES string of the molecule is CN=C(NCCc1ccc(OCC(N)=O)cc1)NCc1ccc(C)c(F)c1. The second-order valence-electron chi connectivity index (χ2n) is 6.09. The van der Waals surface area contributed by atoms with Gasteiger partial charge in [0.15, 0.2) is 12.6 Å². The summed E-state index contributed by atoms with van der Waals surface area (Å²) in [5, 5.41) is 6.39. The van der Waals surface area contributed by atoms with E-state index < -0.39 is 5.91 Å². The average molecular weight is 372 g/mol. The molecule has 0 saturated carbocycles. The Bertz CT molecular complexity index is 791. The fourth-order valence-electron chi connectivity index (χ4n) is 2.38. The number of hydrogen-bond acceptors (Lipinski definition) is 3. The molecule has 0 unspecified atom stereocenters. The summed E-state index contributed by atoms with van der Waals surface area (Å²) in [7, 11) is 1.69. The van der Waals surface area contributed by atoms with Gasteiger partial charge in [0.2, 0.25) is 0 Å². The predicted molar refractivity (Wildman–Crippen MR) is 104 cm³/mol. The lowest BCUT2D eigenvalue weighted by Crippen LogP contribution is -2.37. The first-order valence-electron chi connectivity index (χ1n) is 8.67. The number of carbonyl (C=O) groups is 1. The topological polar surface area (TPSA) is 88.7 Å². The first-order chi connectivity index (χ1) is 13.0. The van der Waals surface area contributed by atoms with Gasteiger partial charge >= 0.3 is 0 Å². The highest BCUT2D eigenvalue weighted by atomic mass is 19.1. The summed E-state index contributed by atoms with van der Waals surface area (Å²) in [5.74, 6) is 0.543. The van der Waals surface area contributed by atoms with Gasteiger partial charge in [-0.1, -0.05) is 24.3 Å². The molecule has 0 aliphatic rings. The molecule has 6 nitrogen and oxygen atoms in total. The molecule has 7 heteroatoms. The molecule has 0 bridgehead atoms. The summed E-state index contributed by atoms with van der Waals surface area (Å²) in [6.45, 7) is 2.78. The Morgan fingerprint density at radius 1 is 1.15 bits per heavy atom. The number of carbonyl (C=O) groups excluding carboxylic acids is 1. The van der Waals surface area contributed by atoms with Crippen LogP contribution in [0.5, 0.6) is 5.75 Å². The molecule has 0 aromatic heterocycles. The summed E-state index contributed by atoms with van der Waals surface area (Å²) in [5.41, 5.74) is 7.65. The number of halogens is 1. The quantitative estimate of drug-likeness (QED) is 0.488. The second kappa shape index (κ2) is 10.2. The van der Waals surface area contributed by atoms with Gasteiger partial charge in [-0.25, -0.2) is 4.39 Å². The first-order valence-corrected chi connectivity index (χ1v) is 8.67. The Labute approximate surface area is 158 Å². The van der Waals surface area contributed by atoms with Crippen LogP contribution in [0.2, 0.25) is 0 Å². The van der Waals surface area contributed by atoms with E-state index >= 15 is 0 Å². The van der Waals surface area contributed by atoms with Gasteiger partial charge in [-0.2, -0.15) is 0 Å². The van der Waals surface area contributed by atoms with Crippen LogP contribution < -0.4 is 21.1 Å². The first kappa shape index (κ1) is 20.2. The number of hydrogen-bond donors (Lipinski definition) is 3. The van der Waals surface area contributed by atoms with E-state index in [2.05, 4.69) is 15.6 Å². The van der Waals surface area contributed by atoms with E-state index in [0.717, 1.165) is 17.5 Å². The number of nitrogens with zero attached hydrogens (tertiary/aromatic N) is 1. The van der Waals surface area contributed by atoms with Crippen molar-refractivity contribution >= 4 is 11.9 Å². The maximum atomic E-state index is 13.6. The van der Waals surface area contributed by atoms with Gasteiger partial charge in [-0.15, -0.1) is 0 Å². The van der Waals surface area contributed by atoms with Crippen molar-refractivity contribution < 1.29 is 13.9 Å². The van der Waals surface area contributed by atoms with E-state index in [4.69, 9.17) is 10.5 Å². The molecule has 2 aromatic carbocycles. The zero-order chi connectivity index (χ0) is 19.6. The van der Waals surface area contributed by atoms with Crippen molar-refractivity contribution in [2.45, 2.75) is 19.9 Å². The molecule has 0 radical (unpaired) electrons. The smallest absolute Gasteiger partial charge is 0.255 e. The monoisotopic (exact) mass is 372 g/mol. The van der Waals surface area contributed by atoms with Crippen LogP contribution in [0.1, 0.15) is 16.7 Å². The number of nitrogens with two attached hydrogens (primary N) is 1. The zero-order valence-corrected chi connectivity index (χ0v) is 15.6. The summed E-state index contributed by atoms with van der Waals surface area (Å²) in [4.78, 5) is 14.9. The maximum Gasteiger partial charge on any atom is 0.255 e. The molecule has 2 rings (SSSR count). The van der Waals surface area contributed by atoms with Crippen molar-refractivity contribution in [2.75, 3.05) is 20.2 Å². The largest absolute Gasteiger partial charge is 0.484 e. The molecule has 0 aliphatic heterocycles. The third-order valence-electron chi connectivity index (χ3n) is 3.93. The van der Waals surface area contributed by atoms with Gasteiger partial charge < -0.3 is 21.1 Å². The number of aryl methyl sites for hydroxylation is 1. The summed E-state index contributed by atoms with van der Waals surface area (Å²) >= 11 is 0. The molecule has 0 aliphatic carbocycles. The molecule has 2 aromatic rings. The molecule has 0 saturated heterocycles. The summed E-state index contributed by atoms with van der Waals surface area (Å²) in [6, 6.07) is 12.7. The standard InChI is InChI=1S/C20H25FN4O2/c1-14-3-4-16(11-18(14)21)12-25-20(23-2)24-10-9-15-5-7-17(8-6-15)27-13-19(22)26/h3-8,11H,9-10,12-13H2,1-2H3,(H2,22,26)(H2,23,24,25).